The fourth-order valence-corrected chi connectivity index (χ4v) is 2.36. The van der Waals surface area contributed by atoms with E-state index in [0.717, 1.165) is 0 Å². The summed E-state index contributed by atoms with van der Waals surface area (Å²) in [6.45, 7) is 1.35. The van der Waals surface area contributed by atoms with E-state index in [9.17, 15) is 22.4 Å². The molecule has 2 rings (SSSR count). The highest BCUT2D eigenvalue weighted by Gasteiger charge is 2.42. The second kappa shape index (κ2) is 6.01. The van der Waals surface area contributed by atoms with Gasteiger partial charge >= 0.3 is 6.18 Å². The van der Waals surface area contributed by atoms with Crippen molar-refractivity contribution in [2.45, 2.75) is 32.0 Å². The van der Waals surface area contributed by atoms with Crippen molar-refractivity contribution in [1.29, 1.82) is 0 Å². The number of anilines is 1. The molecule has 1 fully saturated rings. The van der Waals surface area contributed by atoms with Crippen LogP contribution in [0.4, 0.5) is 23.2 Å². The zero-order chi connectivity index (χ0) is 15.6. The minimum Gasteiger partial charge on any atom is -0.322 e. The average molecular weight is 304 g/mol. The molecule has 1 heterocycles. The lowest BCUT2D eigenvalue weighted by Gasteiger charge is -2.30. The van der Waals surface area contributed by atoms with Gasteiger partial charge in [-0.15, -0.1) is 0 Å². The molecule has 1 amide bonds. The van der Waals surface area contributed by atoms with Gasteiger partial charge in [-0.3, -0.25) is 4.79 Å². The first-order valence-corrected chi connectivity index (χ1v) is 6.65. The standard InChI is InChI=1S/C14H16F4N2O/c1-8-3-2-4-10(15)12(8)20-13(21)11-6-5-9(7-19-11)14(16,17)18/h2-4,9,11,19H,5-7H2,1H3,(H,20,21). The molecular weight excluding hydrogens is 288 g/mol. The van der Waals surface area contributed by atoms with Gasteiger partial charge in [0.05, 0.1) is 17.6 Å². The fraction of sp³-hybridized carbons (Fsp3) is 0.500. The second-order valence-corrected chi connectivity index (χ2v) is 5.20. The van der Waals surface area contributed by atoms with E-state index in [2.05, 4.69) is 10.6 Å². The van der Waals surface area contributed by atoms with Crippen LogP contribution in [0.25, 0.3) is 0 Å². The van der Waals surface area contributed by atoms with Gasteiger partial charge in [0.2, 0.25) is 5.91 Å². The van der Waals surface area contributed by atoms with Crippen LogP contribution in [0.3, 0.4) is 0 Å². The van der Waals surface area contributed by atoms with Gasteiger partial charge in [0.1, 0.15) is 5.82 Å². The number of amides is 1. The highest BCUT2D eigenvalue weighted by atomic mass is 19.4. The zero-order valence-corrected chi connectivity index (χ0v) is 11.4. The molecule has 0 radical (unpaired) electrons. The largest absolute Gasteiger partial charge is 0.393 e. The smallest absolute Gasteiger partial charge is 0.322 e. The normalized spacial score (nSPS) is 22.9. The molecule has 1 aliphatic rings. The summed E-state index contributed by atoms with van der Waals surface area (Å²) in [5, 5.41) is 5.02. The van der Waals surface area contributed by atoms with E-state index >= 15 is 0 Å². The Balaban J connectivity index is 1.97. The molecule has 0 saturated carbocycles. The van der Waals surface area contributed by atoms with E-state index in [-0.39, 0.29) is 25.1 Å². The van der Waals surface area contributed by atoms with Gasteiger partial charge in [-0.25, -0.2) is 4.39 Å². The predicted octanol–water partition coefficient (Wildman–Crippen LogP) is 3.00. The minimum absolute atomic E-state index is 0.0715. The van der Waals surface area contributed by atoms with E-state index in [4.69, 9.17) is 0 Å². The second-order valence-electron chi connectivity index (χ2n) is 5.20. The Labute approximate surface area is 119 Å². The highest BCUT2D eigenvalue weighted by Crippen LogP contribution is 2.32. The molecule has 116 valence electrons. The third-order valence-electron chi connectivity index (χ3n) is 3.66. The van der Waals surface area contributed by atoms with Crippen molar-refractivity contribution in [1.82, 2.24) is 5.32 Å². The first kappa shape index (κ1) is 15.8. The topological polar surface area (TPSA) is 41.1 Å². The molecule has 2 atom stereocenters. The number of rotatable bonds is 2. The highest BCUT2D eigenvalue weighted by molar-refractivity contribution is 5.95. The van der Waals surface area contributed by atoms with Gasteiger partial charge in [0, 0.05) is 6.54 Å². The van der Waals surface area contributed by atoms with Crippen molar-refractivity contribution in [3.63, 3.8) is 0 Å². The zero-order valence-electron chi connectivity index (χ0n) is 11.4. The van der Waals surface area contributed by atoms with Gasteiger partial charge in [0.15, 0.2) is 0 Å². The number of carbonyl (C=O) groups excluding carboxylic acids is 1. The van der Waals surface area contributed by atoms with Crippen LogP contribution < -0.4 is 10.6 Å². The third kappa shape index (κ3) is 3.72. The molecular formula is C14H16F4N2O. The van der Waals surface area contributed by atoms with Crippen molar-refractivity contribution < 1.29 is 22.4 Å². The van der Waals surface area contributed by atoms with Crippen LogP contribution in [0, 0.1) is 18.7 Å². The maximum atomic E-state index is 13.6. The maximum absolute atomic E-state index is 13.6. The molecule has 1 saturated heterocycles. The predicted molar refractivity (Wildman–Crippen MR) is 70.3 cm³/mol. The molecule has 0 aromatic heterocycles. The summed E-state index contributed by atoms with van der Waals surface area (Å²) in [5.74, 6) is -2.51. The number of carbonyl (C=O) groups is 1. The molecule has 3 nitrogen and oxygen atoms in total. The molecule has 21 heavy (non-hydrogen) atoms. The number of hydrogen-bond donors (Lipinski definition) is 2. The Morgan fingerprint density at radius 2 is 2.05 bits per heavy atom. The van der Waals surface area contributed by atoms with Gasteiger partial charge in [0.25, 0.3) is 0 Å². The Morgan fingerprint density at radius 3 is 2.57 bits per heavy atom. The van der Waals surface area contributed by atoms with Crippen molar-refractivity contribution in [3.05, 3.63) is 29.6 Å². The summed E-state index contributed by atoms with van der Waals surface area (Å²) in [5.41, 5.74) is 0.634. The Hall–Kier alpha value is -1.63. The summed E-state index contributed by atoms with van der Waals surface area (Å²) in [6, 6.07) is 3.65. The van der Waals surface area contributed by atoms with Crippen LogP contribution in [0.1, 0.15) is 18.4 Å². The van der Waals surface area contributed by atoms with Crippen molar-refractivity contribution in [3.8, 4) is 0 Å². The quantitative estimate of drug-likeness (QED) is 0.825. The van der Waals surface area contributed by atoms with Crippen LogP contribution >= 0.6 is 0 Å². The number of nitrogens with one attached hydrogen (secondary N) is 2. The number of halogens is 4. The number of para-hydroxylation sites is 1. The Kier molecular flexibility index (Phi) is 4.51. The maximum Gasteiger partial charge on any atom is 0.393 e. The molecule has 0 bridgehead atoms. The minimum atomic E-state index is -4.25. The summed E-state index contributed by atoms with van der Waals surface area (Å²) < 4.78 is 51.2. The van der Waals surface area contributed by atoms with Crippen LogP contribution in [0.15, 0.2) is 18.2 Å². The van der Waals surface area contributed by atoms with E-state index in [1.807, 2.05) is 0 Å². The van der Waals surface area contributed by atoms with E-state index in [0.29, 0.717) is 5.56 Å². The summed E-state index contributed by atoms with van der Waals surface area (Å²) in [4.78, 5) is 12.0. The number of hydrogen-bond acceptors (Lipinski definition) is 2. The first-order chi connectivity index (χ1) is 9.79. The number of aryl methyl sites for hydroxylation is 1. The van der Waals surface area contributed by atoms with Gasteiger partial charge in [-0.05, 0) is 31.4 Å². The lowest BCUT2D eigenvalue weighted by atomic mass is 9.94. The first-order valence-electron chi connectivity index (χ1n) is 6.65. The summed E-state index contributed by atoms with van der Waals surface area (Å²) >= 11 is 0. The van der Waals surface area contributed by atoms with Gasteiger partial charge < -0.3 is 10.6 Å². The van der Waals surface area contributed by atoms with Gasteiger partial charge in [-0.2, -0.15) is 13.2 Å². The molecule has 2 unspecified atom stereocenters. The van der Waals surface area contributed by atoms with Crippen LogP contribution in [-0.2, 0) is 4.79 Å². The van der Waals surface area contributed by atoms with Gasteiger partial charge in [-0.1, -0.05) is 12.1 Å². The fourth-order valence-electron chi connectivity index (χ4n) is 2.36. The summed E-state index contributed by atoms with van der Waals surface area (Å²) in [6.07, 6.45) is -4.29. The molecule has 1 aromatic carbocycles. The van der Waals surface area contributed by atoms with Crippen molar-refractivity contribution in [2.75, 3.05) is 11.9 Å². The van der Waals surface area contributed by atoms with Crippen LogP contribution in [0.2, 0.25) is 0 Å². The molecule has 7 heteroatoms. The average Bonchev–Trinajstić information content (AvgIpc) is 2.42. The van der Waals surface area contributed by atoms with E-state index < -0.39 is 29.9 Å². The monoisotopic (exact) mass is 304 g/mol. The molecule has 0 aliphatic carbocycles. The van der Waals surface area contributed by atoms with E-state index in [1.165, 1.54) is 12.1 Å². The lowest BCUT2D eigenvalue weighted by molar-refractivity contribution is -0.180. The molecule has 1 aromatic rings. The Morgan fingerprint density at radius 1 is 1.33 bits per heavy atom. The number of benzene rings is 1. The number of piperidine rings is 1. The van der Waals surface area contributed by atoms with Crippen LogP contribution in [0.5, 0.6) is 0 Å². The lowest BCUT2D eigenvalue weighted by Crippen LogP contribution is -2.49. The van der Waals surface area contributed by atoms with Crippen molar-refractivity contribution in [2.24, 2.45) is 5.92 Å². The molecule has 0 spiro atoms. The SMILES string of the molecule is Cc1cccc(F)c1NC(=O)C1CCC(C(F)(F)F)CN1. The van der Waals surface area contributed by atoms with E-state index in [1.54, 1.807) is 13.0 Å². The van der Waals surface area contributed by atoms with Crippen LogP contribution in [-0.4, -0.2) is 24.7 Å². The third-order valence-corrected chi connectivity index (χ3v) is 3.66. The Bertz CT molecular complexity index is 502. The number of alkyl halides is 3. The molecule has 1 aliphatic heterocycles. The van der Waals surface area contributed by atoms with Crippen molar-refractivity contribution >= 4 is 11.6 Å². The summed E-state index contributed by atoms with van der Waals surface area (Å²) in [7, 11) is 0. The molecule has 2 N–H and O–H groups in total.